The fraction of sp³-hybridized carbons (Fsp3) is 0.211. The van der Waals surface area contributed by atoms with Gasteiger partial charge in [0.25, 0.3) is 0 Å². The van der Waals surface area contributed by atoms with Crippen LogP contribution in [0.2, 0.25) is 0 Å². The lowest BCUT2D eigenvalue weighted by molar-refractivity contribution is 0.169. The summed E-state index contributed by atoms with van der Waals surface area (Å²) in [4.78, 5) is 16.8. The molecule has 0 unspecified atom stereocenters. The van der Waals surface area contributed by atoms with E-state index in [1.165, 1.54) is 11.8 Å². The topological polar surface area (TPSA) is 66.2 Å². The van der Waals surface area contributed by atoms with E-state index in [9.17, 15) is 4.79 Å². The molecule has 0 aliphatic carbocycles. The van der Waals surface area contributed by atoms with Crippen molar-refractivity contribution in [1.29, 1.82) is 0 Å². The normalized spacial score (nSPS) is 10.5. The first-order chi connectivity index (χ1) is 12.2. The van der Waals surface area contributed by atoms with Crippen molar-refractivity contribution in [3.8, 4) is 28.5 Å². The van der Waals surface area contributed by atoms with Crippen molar-refractivity contribution in [2.75, 3.05) is 14.2 Å². The van der Waals surface area contributed by atoms with E-state index >= 15 is 0 Å². The number of aromatic nitrogens is 3. The third-order valence-electron chi connectivity index (χ3n) is 3.92. The lowest BCUT2D eigenvalue weighted by Gasteiger charge is -2.07. The van der Waals surface area contributed by atoms with Gasteiger partial charge >= 0.3 is 6.09 Å². The van der Waals surface area contributed by atoms with Crippen LogP contribution in [0.5, 0.6) is 5.75 Å². The number of methoxy groups -OCH3 is 2. The fourth-order valence-electron chi connectivity index (χ4n) is 2.63. The summed E-state index contributed by atoms with van der Waals surface area (Å²) in [6, 6.07) is 15.2. The number of rotatable bonds is 4. The minimum atomic E-state index is -0.581. The second-order valence-electron chi connectivity index (χ2n) is 5.38. The number of carbonyl (C=O) groups is 1. The van der Waals surface area contributed by atoms with E-state index in [1.54, 1.807) is 7.11 Å². The van der Waals surface area contributed by atoms with Gasteiger partial charge in [-0.3, -0.25) is 0 Å². The number of hydrogen-bond donors (Lipinski definition) is 0. The largest absolute Gasteiger partial charge is 0.497 e. The molecule has 0 bridgehead atoms. The summed E-state index contributed by atoms with van der Waals surface area (Å²) >= 11 is 0. The SMILES string of the molecule is CCc1ccccc1-c1nc(-c2cccc(OC)c2)nn1C(=O)OC. The molecular formula is C19H19N3O3. The van der Waals surface area contributed by atoms with Crippen LogP contribution >= 0.6 is 0 Å². The molecule has 6 nitrogen and oxygen atoms in total. The predicted molar refractivity (Wildman–Crippen MR) is 94.6 cm³/mol. The molecule has 1 aromatic heterocycles. The average molecular weight is 337 g/mol. The average Bonchev–Trinajstić information content (AvgIpc) is 3.12. The molecule has 25 heavy (non-hydrogen) atoms. The molecule has 0 fully saturated rings. The maximum Gasteiger partial charge on any atom is 0.436 e. The van der Waals surface area contributed by atoms with Crippen molar-refractivity contribution in [3.63, 3.8) is 0 Å². The first-order valence-electron chi connectivity index (χ1n) is 7.96. The monoisotopic (exact) mass is 337 g/mol. The Kier molecular flexibility index (Phi) is 4.79. The van der Waals surface area contributed by atoms with Crippen molar-refractivity contribution in [1.82, 2.24) is 14.8 Å². The molecule has 0 N–H and O–H groups in total. The van der Waals surface area contributed by atoms with Gasteiger partial charge in [-0.1, -0.05) is 43.3 Å². The summed E-state index contributed by atoms with van der Waals surface area (Å²) < 4.78 is 11.3. The molecule has 0 saturated carbocycles. The summed E-state index contributed by atoms with van der Waals surface area (Å²) in [6.45, 7) is 2.06. The van der Waals surface area contributed by atoms with E-state index in [0.29, 0.717) is 17.4 Å². The van der Waals surface area contributed by atoms with Crippen LogP contribution in [-0.2, 0) is 11.2 Å². The van der Waals surface area contributed by atoms with Crippen LogP contribution in [0.3, 0.4) is 0 Å². The van der Waals surface area contributed by atoms with E-state index in [-0.39, 0.29) is 0 Å². The quantitative estimate of drug-likeness (QED) is 0.724. The van der Waals surface area contributed by atoms with Gasteiger partial charge in [-0.05, 0) is 24.1 Å². The first kappa shape index (κ1) is 16.7. The number of aryl methyl sites for hydroxylation is 1. The summed E-state index contributed by atoms with van der Waals surface area (Å²) in [5.41, 5.74) is 2.70. The van der Waals surface area contributed by atoms with Crippen LogP contribution in [0.1, 0.15) is 12.5 Å². The Hall–Kier alpha value is -3.15. The minimum Gasteiger partial charge on any atom is -0.497 e. The molecule has 0 aliphatic rings. The Morgan fingerprint density at radius 2 is 1.92 bits per heavy atom. The summed E-state index contributed by atoms with van der Waals surface area (Å²) in [5.74, 6) is 1.59. The van der Waals surface area contributed by atoms with Gasteiger partial charge in [0.1, 0.15) is 5.75 Å². The second kappa shape index (κ2) is 7.17. The number of ether oxygens (including phenoxy) is 2. The van der Waals surface area contributed by atoms with Crippen molar-refractivity contribution in [2.24, 2.45) is 0 Å². The molecule has 6 heteroatoms. The summed E-state index contributed by atoms with van der Waals surface area (Å²) in [6.07, 6.45) is 0.237. The standard InChI is InChI=1S/C19H19N3O3/c1-4-13-8-5-6-11-16(13)18-20-17(21-22(18)19(23)25-3)14-9-7-10-15(12-14)24-2/h5-12H,4H2,1-3H3. The zero-order valence-corrected chi connectivity index (χ0v) is 14.4. The molecule has 2 aromatic carbocycles. The molecular weight excluding hydrogens is 318 g/mol. The van der Waals surface area contributed by atoms with Gasteiger partial charge in [0, 0.05) is 11.1 Å². The molecule has 3 aromatic rings. The van der Waals surface area contributed by atoms with Crippen LogP contribution in [0, 0.1) is 0 Å². The molecule has 0 atom stereocenters. The van der Waals surface area contributed by atoms with Gasteiger partial charge in [-0.15, -0.1) is 9.78 Å². The maximum absolute atomic E-state index is 12.2. The summed E-state index contributed by atoms with van der Waals surface area (Å²) in [5, 5.41) is 4.35. The van der Waals surface area contributed by atoms with Crippen LogP contribution < -0.4 is 4.74 Å². The van der Waals surface area contributed by atoms with E-state index in [1.807, 2.05) is 48.5 Å². The first-order valence-corrected chi connectivity index (χ1v) is 7.96. The highest BCUT2D eigenvalue weighted by molar-refractivity contribution is 5.78. The van der Waals surface area contributed by atoms with E-state index in [4.69, 9.17) is 9.47 Å². The van der Waals surface area contributed by atoms with Gasteiger partial charge in [0.2, 0.25) is 0 Å². The molecule has 0 radical (unpaired) electrons. The number of nitrogens with zero attached hydrogens (tertiary/aromatic N) is 3. The molecule has 0 aliphatic heterocycles. The lowest BCUT2D eigenvalue weighted by atomic mass is 10.0. The zero-order valence-electron chi connectivity index (χ0n) is 14.4. The van der Waals surface area contributed by atoms with Crippen molar-refractivity contribution >= 4 is 6.09 Å². The van der Waals surface area contributed by atoms with Gasteiger partial charge in [0.05, 0.1) is 14.2 Å². The Morgan fingerprint density at radius 1 is 1.12 bits per heavy atom. The summed E-state index contributed by atoms with van der Waals surface area (Å²) in [7, 11) is 2.92. The molecule has 0 amide bonds. The number of hydrogen-bond acceptors (Lipinski definition) is 5. The van der Waals surface area contributed by atoms with E-state index < -0.39 is 6.09 Å². The third kappa shape index (κ3) is 3.24. The maximum atomic E-state index is 12.2. The van der Waals surface area contributed by atoms with Crippen molar-refractivity contribution in [2.45, 2.75) is 13.3 Å². The molecule has 0 saturated heterocycles. The lowest BCUT2D eigenvalue weighted by Crippen LogP contribution is -2.15. The molecule has 0 spiro atoms. The molecule has 128 valence electrons. The minimum absolute atomic E-state index is 0.435. The van der Waals surface area contributed by atoms with Crippen LogP contribution in [0.25, 0.3) is 22.8 Å². The highest BCUT2D eigenvalue weighted by atomic mass is 16.5. The Balaban J connectivity index is 2.17. The zero-order chi connectivity index (χ0) is 17.8. The Morgan fingerprint density at radius 3 is 2.64 bits per heavy atom. The highest BCUT2D eigenvalue weighted by Gasteiger charge is 2.20. The van der Waals surface area contributed by atoms with Crippen molar-refractivity contribution < 1.29 is 14.3 Å². The Bertz CT molecular complexity index is 902. The van der Waals surface area contributed by atoms with E-state index in [0.717, 1.165) is 23.1 Å². The number of benzene rings is 2. The van der Waals surface area contributed by atoms with Gasteiger partial charge in [-0.25, -0.2) is 9.78 Å². The van der Waals surface area contributed by atoms with Crippen LogP contribution in [-0.4, -0.2) is 35.1 Å². The highest BCUT2D eigenvalue weighted by Crippen LogP contribution is 2.27. The predicted octanol–water partition coefficient (Wildman–Crippen LogP) is 3.80. The molecule has 1 heterocycles. The Labute approximate surface area is 146 Å². The third-order valence-corrected chi connectivity index (χ3v) is 3.92. The van der Waals surface area contributed by atoms with Gasteiger partial charge in [-0.2, -0.15) is 0 Å². The smallest absolute Gasteiger partial charge is 0.436 e. The fourth-order valence-corrected chi connectivity index (χ4v) is 2.63. The van der Waals surface area contributed by atoms with Crippen molar-refractivity contribution in [3.05, 3.63) is 54.1 Å². The number of carbonyl (C=O) groups excluding carboxylic acids is 1. The molecule has 3 rings (SSSR count). The second-order valence-corrected chi connectivity index (χ2v) is 5.38. The van der Waals surface area contributed by atoms with Gasteiger partial charge < -0.3 is 9.47 Å². The van der Waals surface area contributed by atoms with Gasteiger partial charge in [0.15, 0.2) is 11.6 Å². The van der Waals surface area contributed by atoms with E-state index in [2.05, 4.69) is 17.0 Å². The van der Waals surface area contributed by atoms with Crippen LogP contribution in [0.4, 0.5) is 4.79 Å². The van der Waals surface area contributed by atoms with Crippen LogP contribution in [0.15, 0.2) is 48.5 Å².